The van der Waals surface area contributed by atoms with Crippen LogP contribution in [0.3, 0.4) is 0 Å². The average Bonchev–Trinajstić information content (AvgIpc) is 2.90. The van der Waals surface area contributed by atoms with Crippen LogP contribution in [0.1, 0.15) is 16.1 Å². The van der Waals surface area contributed by atoms with Crippen LogP contribution in [-0.4, -0.2) is 30.4 Å². The second kappa shape index (κ2) is 4.52. The normalized spacial score (nSPS) is 10.9. The predicted molar refractivity (Wildman–Crippen MR) is 76.2 cm³/mol. The molecule has 0 aliphatic carbocycles. The molecule has 102 valence electrons. The van der Waals surface area contributed by atoms with E-state index in [1.807, 2.05) is 31.2 Å². The highest BCUT2D eigenvalue weighted by Crippen LogP contribution is 2.31. The molecule has 1 N–H and O–H groups in total. The van der Waals surface area contributed by atoms with Crippen molar-refractivity contribution in [3.8, 4) is 5.75 Å². The summed E-state index contributed by atoms with van der Waals surface area (Å²) in [6, 6.07) is 7.74. The van der Waals surface area contributed by atoms with Crippen molar-refractivity contribution in [3.05, 3.63) is 35.5 Å². The van der Waals surface area contributed by atoms with E-state index in [-0.39, 0.29) is 0 Å². The van der Waals surface area contributed by atoms with Gasteiger partial charge in [0.05, 0.1) is 14.2 Å². The van der Waals surface area contributed by atoms with Gasteiger partial charge in [0, 0.05) is 10.8 Å². The summed E-state index contributed by atoms with van der Waals surface area (Å²) in [6.45, 7) is 2.00. The van der Waals surface area contributed by atoms with E-state index in [0.717, 1.165) is 33.0 Å². The van der Waals surface area contributed by atoms with Crippen LogP contribution in [0, 0.1) is 6.92 Å². The monoisotopic (exact) mass is 270 g/mol. The van der Waals surface area contributed by atoms with Crippen LogP contribution in [0.15, 0.2) is 24.3 Å². The van der Waals surface area contributed by atoms with Crippen molar-refractivity contribution >= 4 is 27.6 Å². The highest BCUT2D eigenvalue weighted by molar-refractivity contribution is 6.13. The molecule has 1 aromatic heterocycles. The van der Waals surface area contributed by atoms with Crippen LogP contribution in [0.5, 0.6) is 5.75 Å². The maximum absolute atomic E-state index is 11.7. The molecule has 3 rings (SSSR count). The van der Waals surface area contributed by atoms with Gasteiger partial charge in [0.25, 0.3) is 0 Å². The van der Waals surface area contributed by atoms with Crippen molar-refractivity contribution in [2.24, 2.45) is 0 Å². The summed E-state index contributed by atoms with van der Waals surface area (Å²) >= 11 is 0. The van der Waals surface area contributed by atoms with Crippen LogP contribution in [0.4, 0.5) is 0 Å². The van der Waals surface area contributed by atoms with Gasteiger partial charge in [-0.3, -0.25) is 5.10 Å². The summed E-state index contributed by atoms with van der Waals surface area (Å²) in [6.07, 6.45) is 0. The smallest absolute Gasteiger partial charge is 0.356 e. The van der Waals surface area contributed by atoms with Gasteiger partial charge in [0.15, 0.2) is 5.69 Å². The van der Waals surface area contributed by atoms with Gasteiger partial charge < -0.3 is 9.47 Å². The molecule has 3 aromatic rings. The molecule has 20 heavy (non-hydrogen) atoms. The van der Waals surface area contributed by atoms with Crippen molar-refractivity contribution in [1.82, 2.24) is 10.2 Å². The van der Waals surface area contributed by atoms with Gasteiger partial charge in [0.1, 0.15) is 11.3 Å². The summed E-state index contributed by atoms with van der Waals surface area (Å²) in [4.78, 5) is 11.7. The van der Waals surface area contributed by atoms with Crippen molar-refractivity contribution in [1.29, 1.82) is 0 Å². The van der Waals surface area contributed by atoms with Crippen LogP contribution in [-0.2, 0) is 4.74 Å². The molecule has 0 fully saturated rings. The molecular formula is C15H14N2O3. The lowest BCUT2D eigenvalue weighted by atomic mass is 10.0. The first kappa shape index (κ1) is 12.5. The fourth-order valence-electron chi connectivity index (χ4n) is 2.43. The third-order valence-electron chi connectivity index (χ3n) is 3.46. The molecule has 5 nitrogen and oxygen atoms in total. The number of nitrogens with one attached hydrogen (secondary N) is 1. The zero-order valence-corrected chi connectivity index (χ0v) is 11.5. The molecule has 0 aliphatic heterocycles. The minimum absolute atomic E-state index is 0.378. The number of aryl methyl sites for hydroxylation is 1. The lowest BCUT2D eigenvalue weighted by Crippen LogP contribution is -2.02. The molecule has 5 heteroatoms. The quantitative estimate of drug-likeness (QED) is 0.727. The lowest BCUT2D eigenvalue weighted by Gasteiger charge is -2.06. The maximum Gasteiger partial charge on any atom is 0.356 e. The number of nitrogens with zero attached hydrogens (tertiary/aromatic N) is 1. The standard InChI is InChI=1S/C15H14N2O3/c1-8-6-12-13(16-17-14(12)15(18)20-3)10-5-4-9(19-2)7-11(8)10/h4-7H,1-3H3,(H,16,17). The van der Waals surface area contributed by atoms with Gasteiger partial charge in [-0.15, -0.1) is 0 Å². The summed E-state index contributed by atoms with van der Waals surface area (Å²) < 4.78 is 10.0. The number of methoxy groups -OCH3 is 2. The topological polar surface area (TPSA) is 64.2 Å². The molecule has 0 atom stereocenters. The second-order valence-corrected chi connectivity index (χ2v) is 4.59. The molecule has 0 bridgehead atoms. The number of H-pyrrole nitrogens is 1. The first-order valence-corrected chi connectivity index (χ1v) is 6.19. The Morgan fingerprint density at radius 3 is 2.65 bits per heavy atom. The SMILES string of the molecule is COC(=O)c1[nH]nc2c1cc(C)c1cc(OC)ccc12. The first-order chi connectivity index (χ1) is 9.65. The summed E-state index contributed by atoms with van der Waals surface area (Å²) in [5, 5.41) is 9.81. The average molecular weight is 270 g/mol. The number of hydrogen-bond donors (Lipinski definition) is 1. The fourth-order valence-corrected chi connectivity index (χ4v) is 2.43. The molecule has 0 unspecified atom stereocenters. The Bertz CT molecular complexity index is 821. The van der Waals surface area contributed by atoms with Gasteiger partial charge in [-0.05, 0) is 42.1 Å². The largest absolute Gasteiger partial charge is 0.497 e. The predicted octanol–water partition coefficient (Wildman–Crippen LogP) is 2.82. The van der Waals surface area contributed by atoms with E-state index in [1.54, 1.807) is 7.11 Å². The van der Waals surface area contributed by atoms with Crippen molar-refractivity contribution < 1.29 is 14.3 Å². The minimum atomic E-state index is -0.417. The number of fused-ring (bicyclic) bond motifs is 3. The molecule has 2 aromatic carbocycles. The summed E-state index contributed by atoms with van der Waals surface area (Å²) in [5.41, 5.74) is 2.19. The zero-order valence-electron chi connectivity index (χ0n) is 11.5. The summed E-state index contributed by atoms with van der Waals surface area (Å²) in [5.74, 6) is 0.378. The highest BCUT2D eigenvalue weighted by atomic mass is 16.5. The lowest BCUT2D eigenvalue weighted by molar-refractivity contribution is 0.0596. The molecule has 0 spiro atoms. The molecule has 0 saturated carbocycles. The number of rotatable bonds is 2. The Hall–Kier alpha value is -2.56. The number of carbonyl (C=O) groups is 1. The van der Waals surface area contributed by atoms with E-state index in [0.29, 0.717) is 5.69 Å². The number of hydrogen-bond acceptors (Lipinski definition) is 4. The Kier molecular flexibility index (Phi) is 2.82. The van der Waals surface area contributed by atoms with Gasteiger partial charge >= 0.3 is 5.97 Å². The summed E-state index contributed by atoms with van der Waals surface area (Å²) in [7, 11) is 2.99. The maximum atomic E-state index is 11.7. The Morgan fingerprint density at radius 1 is 1.15 bits per heavy atom. The van der Waals surface area contributed by atoms with E-state index in [4.69, 9.17) is 9.47 Å². The van der Waals surface area contributed by atoms with Crippen molar-refractivity contribution in [2.45, 2.75) is 6.92 Å². The molecule has 0 amide bonds. The number of aromatic amines is 1. The van der Waals surface area contributed by atoms with Crippen LogP contribution < -0.4 is 4.74 Å². The van der Waals surface area contributed by atoms with Gasteiger partial charge in [-0.2, -0.15) is 5.10 Å². The number of benzene rings is 2. The van der Waals surface area contributed by atoms with E-state index in [9.17, 15) is 4.79 Å². The zero-order chi connectivity index (χ0) is 14.3. The minimum Gasteiger partial charge on any atom is -0.497 e. The first-order valence-electron chi connectivity index (χ1n) is 6.19. The number of aromatic nitrogens is 2. The van der Waals surface area contributed by atoms with Gasteiger partial charge in [0.2, 0.25) is 0 Å². The molecule has 1 heterocycles. The molecule has 0 radical (unpaired) electrons. The third-order valence-corrected chi connectivity index (χ3v) is 3.46. The van der Waals surface area contributed by atoms with Crippen LogP contribution in [0.25, 0.3) is 21.7 Å². The Labute approximate surface area is 115 Å². The second-order valence-electron chi connectivity index (χ2n) is 4.59. The molecule has 0 saturated heterocycles. The number of carbonyl (C=O) groups excluding carboxylic acids is 1. The third kappa shape index (κ3) is 1.71. The van der Waals surface area contributed by atoms with E-state index < -0.39 is 5.97 Å². The van der Waals surface area contributed by atoms with Gasteiger partial charge in [-0.25, -0.2) is 4.79 Å². The van der Waals surface area contributed by atoms with Gasteiger partial charge in [-0.1, -0.05) is 0 Å². The Balaban J connectivity index is 2.37. The van der Waals surface area contributed by atoms with E-state index >= 15 is 0 Å². The Morgan fingerprint density at radius 2 is 1.95 bits per heavy atom. The van der Waals surface area contributed by atoms with E-state index in [2.05, 4.69) is 10.2 Å². The number of esters is 1. The van der Waals surface area contributed by atoms with Crippen LogP contribution >= 0.6 is 0 Å². The van der Waals surface area contributed by atoms with Crippen LogP contribution in [0.2, 0.25) is 0 Å². The number of ether oxygens (including phenoxy) is 2. The van der Waals surface area contributed by atoms with Crippen molar-refractivity contribution in [3.63, 3.8) is 0 Å². The van der Waals surface area contributed by atoms with E-state index in [1.165, 1.54) is 7.11 Å². The fraction of sp³-hybridized carbons (Fsp3) is 0.200. The molecule has 0 aliphatic rings. The van der Waals surface area contributed by atoms with Crippen molar-refractivity contribution in [2.75, 3.05) is 14.2 Å². The highest BCUT2D eigenvalue weighted by Gasteiger charge is 2.16. The molecular weight excluding hydrogens is 256 g/mol.